The maximum absolute atomic E-state index is 11.9. The zero-order valence-corrected chi connectivity index (χ0v) is 16.5. The lowest BCUT2D eigenvalue weighted by Gasteiger charge is -2.09. The highest BCUT2D eigenvalue weighted by molar-refractivity contribution is 6.33. The minimum atomic E-state index is -0.733. The molecule has 3 N–H and O–H groups in total. The van der Waals surface area contributed by atoms with Crippen molar-refractivity contribution < 1.29 is 23.9 Å². The van der Waals surface area contributed by atoms with Gasteiger partial charge in [-0.25, -0.2) is 0 Å². The summed E-state index contributed by atoms with van der Waals surface area (Å²) < 4.78 is 4.80. The number of rotatable bonds is 7. The lowest BCUT2D eigenvalue weighted by Crippen LogP contribution is -2.41. The molecule has 2 aromatic carbocycles. The van der Waals surface area contributed by atoms with Gasteiger partial charge in [0.15, 0.2) is 6.61 Å². The van der Waals surface area contributed by atoms with Crippen LogP contribution < -0.4 is 16.2 Å². The van der Waals surface area contributed by atoms with E-state index in [4.69, 9.17) is 27.9 Å². The topological polar surface area (TPSA) is 114 Å². The molecular weight excluding hydrogens is 421 g/mol. The second kappa shape index (κ2) is 11.0. The Balaban J connectivity index is 1.64. The fraction of sp³-hybridized carbons (Fsp3) is 0.158. The third-order valence-corrected chi connectivity index (χ3v) is 4.06. The molecule has 0 aliphatic heterocycles. The smallest absolute Gasteiger partial charge is 0.306 e. The molecule has 8 nitrogen and oxygen atoms in total. The molecule has 3 amide bonds. The third-order valence-electron chi connectivity index (χ3n) is 3.48. The lowest BCUT2D eigenvalue weighted by atomic mass is 10.2. The molecule has 0 unspecified atom stereocenters. The Bertz CT molecular complexity index is 903. The van der Waals surface area contributed by atoms with Gasteiger partial charge >= 0.3 is 5.97 Å². The van der Waals surface area contributed by atoms with E-state index >= 15 is 0 Å². The molecule has 0 aromatic heterocycles. The van der Waals surface area contributed by atoms with Crippen molar-refractivity contribution in [1.82, 2.24) is 10.9 Å². The van der Waals surface area contributed by atoms with Crippen LogP contribution in [-0.4, -0.2) is 30.3 Å². The van der Waals surface area contributed by atoms with Gasteiger partial charge in [-0.15, -0.1) is 0 Å². The van der Waals surface area contributed by atoms with Crippen molar-refractivity contribution in [2.24, 2.45) is 0 Å². The summed E-state index contributed by atoms with van der Waals surface area (Å²) in [5.74, 6) is -2.46. The molecular formula is C19H17Cl2N3O5. The summed E-state index contributed by atoms with van der Waals surface area (Å²) in [6.07, 6.45) is -0.498. The Labute approximate surface area is 176 Å². The van der Waals surface area contributed by atoms with E-state index in [1.807, 2.05) is 0 Å². The second-order valence-corrected chi connectivity index (χ2v) is 6.54. The van der Waals surface area contributed by atoms with Crippen molar-refractivity contribution >= 4 is 52.6 Å². The third kappa shape index (κ3) is 7.81. The highest BCUT2D eigenvalue weighted by Crippen LogP contribution is 2.14. The number of hydrogen-bond acceptors (Lipinski definition) is 5. The molecule has 2 aromatic rings. The number of hydrogen-bond donors (Lipinski definition) is 3. The molecule has 152 valence electrons. The molecule has 10 heteroatoms. The Kier molecular flexibility index (Phi) is 8.45. The molecule has 0 bridgehead atoms. The maximum atomic E-state index is 11.9. The molecule has 0 atom stereocenters. The van der Waals surface area contributed by atoms with Gasteiger partial charge in [0.2, 0.25) is 5.91 Å². The highest BCUT2D eigenvalue weighted by Gasteiger charge is 2.13. The summed E-state index contributed by atoms with van der Waals surface area (Å²) >= 11 is 11.6. The SMILES string of the molecule is O=C(CCC(=O)OCC(=O)Nc1ccc(Cl)cc1)NNC(=O)c1ccccc1Cl. The summed E-state index contributed by atoms with van der Waals surface area (Å²) in [6.45, 7) is -0.494. The normalized spacial score (nSPS) is 10.0. The van der Waals surface area contributed by atoms with Crippen LogP contribution in [-0.2, 0) is 19.1 Å². The van der Waals surface area contributed by atoms with E-state index in [1.54, 1.807) is 36.4 Å². The molecule has 0 aliphatic rings. The average molecular weight is 438 g/mol. The predicted octanol–water partition coefficient (Wildman–Crippen LogP) is 2.72. The quantitative estimate of drug-likeness (QED) is 0.455. The van der Waals surface area contributed by atoms with Crippen molar-refractivity contribution in [3.8, 4) is 0 Å². The summed E-state index contributed by atoms with van der Waals surface area (Å²) in [7, 11) is 0. The second-order valence-electron chi connectivity index (χ2n) is 5.70. The number of carbonyl (C=O) groups is 4. The standard InChI is InChI=1S/C19H17Cl2N3O5/c20-12-5-7-13(8-6-12)22-17(26)11-29-18(27)10-9-16(25)23-24-19(28)14-3-1-2-4-15(14)21/h1-8H,9-11H2,(H,22,26)(H,23,25)(H,24,28). The summed E-state index contributed by atoms with van der Waals surface area (Å²) in [5.41, 5.74) is 5.07. The number of hydrazine groups is 1. The van der Waals surface area contributed by atoms with Crippen molar-refractivity contribution in [3.63, 3.8) is 0 Å². The van der Waals surface area contributed by atoms with E-state index < -0.39 is 30.3 Å². The highest BCUT2D eigenvalue weighted by atomic mass is 35.5. The number of amides is 3. The molecule has 0 fully saturated rings. The van der Waals surface area contributed by atoms with Crippen LogP contribution in [0.5, 0.6) is 0 Å². The van der Waals surface area contributed by atoms with Crippen LogP contribution in [0, 0.1) is 0 Å². The van der Waals surface area contributed by atoms with Crippen LogP contribution in [0.25, 0.3) is 0 Å². The molecule has 0 heterocycles. The number of esters is 1. The van der Waals surface area contributed by atoms with Crippen LogP contribution in [0.4, 0.5) is 5.69 Å². The van der Waals surface area contributed by atoms with Gasteiger partial charge in [-0.2, -0.15) is 0 Å². The van der Waals surface area contributed by atoms with Gasteiger partial charge in [0.1, 0.15) is 0 Å². The molecule has 2 rings (SSSR count). The van der Waals surface area contributed by atoms with E-state index in [-0.39, 0.29) is 23.4 Å². The van der Waals surface area contributed by atoms with Gasteiger partial charge in [0, 0.05) is 17.1 Å². The minimum absolute atomic E-state index is 0.195. The van der Waals surface area contributed by atoms with E-state index in [2.05, 4.69) is 16.2 Å². The zero-order chi connectivity index (χ0) is 21.2. The molecule has 0 saturated carbocycles. The fourth-order valence-corrected chi connectivity index (χ4v) is 2.41. The monoisotopic (exact) mass is 437 g/mol. The minimum Gasteiger partial charge on any atom is -0.456 e. The summed E-state index contributed by atoms with van der Waals surface area (Å²) in [6, 6.07) is 12.7. The van der Waals surface area contributed by atoms with Crippen molar-refractivity contribution in [2.45, 2.75) is 12.8 Å². The van der Waals surface area contributed by atoms with Crippen LogP contribution >= 0.6 is 23.2 Å². The number of halogens is 2. The van der Waals surface area contributed by atoms with Crippen LogP contribution in [0.2, 0.25) is 10.0 Å². The van der Waals surface area contributed by atoms with Crippen molar-refractivity contribution in [3.05, 3.63) is 64.1 Å². The zero-order valence-electron chi connectivity index (χ0n) is 15.0. The van der Waals surface area contributed by atoms with Gasteiger partial charge < -0.3 is 10.1 Å². The maximum Gasteiger partial charge on any atom is 0.306 e. The molecule has 0 spiro atoms. The Hall–Kier alpha value is -3.10. The first-order valence-electron chi connectivity index (χ1n) is 8.40. The number of nitrogens with one attached hydrogen (secondary N) is 3. The van der Waals surface area contributed by atoms with Gasteiger partial charge in [0.25, 0.3) is 11.8 Å². The molecule has 0 saturated heterocycles. The van der Waals surface area contributed by atoms with E-state index in [0.29, 0.717) is 10.7 Å². The Morgan fingerprint density at radius 3 is 2.21 bits per heavy atom. The first kappa shape index (κ1) is 22.2. The fourth-order valence-electron chi connectivity index (χ4n) is 2.07. The summed E-state index contributed by atoms with van der Waals surface area (Å²) in [5, 5.41) is 3.29. The van der Waals surface area contributed by atoms with E-state index in [0.717, 1.165) is 0 Å². The molecule has 29 heavy (non-hydrogen) atoms. The van der Waals surface area contributed by atoms with Gasteiger partial charge in [-0.1, -0.05) is 35.3 Å². The molecule has 0 aliphatic carbocycles. The number of carbonyl (C=O) groups excluding carboxylic acids is 4. The first-order chi connectivity index (χ1) is 13.8. The van der Waals surface area contributed by atoms with Crippen molar-refractivity contribution in [1.29, 1.82) is 0 Å². The lowest BCUT2D eigenvalue weighted by molar-refractivity contribution is -0.148. The van der Waals surface area contributed by atoms with E-state index in [1.165, 1.54) is 12.1 Å². The number of anilines is 1. The Morgan fingerprint density at radius 1 is 0.828 bits per heavy atom. The molecule has 0 radical (unpaired) electrons. The van der Waals surface area contributed by atoms with Crippen LogP contribution in [0.1, 0.15) is 23.2 Å². The van der Waals surface area contributed by atoms with Gasteiger partial charge in [0.05, 0.1) is 17.0 Å². The van der Waals surface area contributed by atoms with Crippen LogP contribution in [0.15, 0.2) is 48.5 Å². The largest absolute Gasteiger partial charge is 0.456 e. The van der Waals surface area contributed by atoms with Gasteiger partial charge in [-0.05, 0) is 36.4 Å². The average Bonchev–Trinajstić information content (AvgIpc) is 2.71. The first-order valence-corrected chi connectivity index (χ1v) is 9.15. The Morgan fingerprint density at radius 2 is 1.52 bits per heavy atom. The predicted molar refractivity (Wildman–Crippen MR) is 107 cm³/mol. The summed E-state index contributed by atoms with van der Waals surface area (Å²) in [4.78, 5) is 47.0. The number of ether oxygens (including phenoxy) is 1. The number of benzene rings is 2. The van der Waals surface area contributed by atoms with E-state index in [9.17, 15) is 19.2 Å². The van der Waals surface area contributed by atoms with Crippen molar-refractivity contribution in [2.75, 3.05) is 11.9 Å². The van der Waals surface area contributed by atoms with Gasteiger partial charge in [-0.3, -0.25) is 30.0 Å². The van der Waals surface area contributed by atoms with Crippen LogP contribution in [0.3, 0.4) is 0 Å².